The third kappa shape index (κ3) is 1.52. The van der Waals surface area contributed by atoms with Gasteiger partial charge in [-0.15, -0.1) is 0 Å². The van der Waals surface area contributed by atoms with E-state index in [0.29, 0.717) is 13.1 Å². The molecule has 1 aromatic heterocycles. The Balaban J connectivity index is 2.52. The fourth-order valence-corrected chi connectivity index (χ4v) is 2.69. The van der Waals surface area contributed by atoms with Gasteiger partial charge in [0, 0.05) is 13.1 Å². The lowest BCUT2D eigenvalue weighted by atomic mass is 10.4. The van der Waals surface area contributed by atoms with Crippen molar-refractivity contribution >= 4 is 9.99 Å². The van der Waals surface area contributed by atoms with E-state index in [4.69, 9.17) is 8.83 Å². The Morgan fingerprint density at radius 2 is 1.85 bits per heavy atom. The summed E-state index contributed by atoms with van der Waals surface area (Å²) in [6, 6.07) is 0. The average molecular weight is 205 g/mol. The van der Waals surface area contributed by atoms with E-state index in [-0.39, 0.29) is 4.90 Å². The molecular weight excluding hydrogens is 194 g/mol. The molecule has 74 valence electrons. The molecule has 1 saturated heterocycles. The van der Waals surface area contributed by atoms with Gasteiger partial charge in [-0.2, -0.15) is 0 Å². The fourth-order valence-electron chi connectivity index (χ4n) is 1.36. The summed E-state index contributed by atoms with van der Waals surface area (Å²) in [6.07, 6.45) is 4.39. The Kier molecular flexibility index (Phi) is 2.19. The quantitative estimate of drug-likeness (QED) is 0.699. The average Bonchev–Trinajstić information content (AvgIpc) is 2.78. The molecule has 1 aliphatic heterocycles. The first-order chi connectivity index (χ1) is 6.21. The van der Waals surface area contributed by atoms with Gasteiger partial charge in [0.25, 0.3) is 0 Å². The van der Waals surface area contributed by atoms with Crippen LogP contribution >= 0.6 is 0 Å². The smallest absolute Gasteiger partial charge is 0.388 e. The molecule has 2 heterocycles. The van der Waals surface area contributed by atoms with Crippen LogP contribution in [0.2, 0.25) is 0 Å². The maximum absolute atomic E-state index is 11.7. The first-order valence-electron chi connectivity index (χ1n) is 4.08. The van der Waals surface area contributed by atoms with Gasteiger partial charge in [-0.25, -0.2) is 8.51 Å². The highest BCUT2D eigenvalue weighted by Gasteiger charge is 2.23. The molecule has 0 saturated carbocycles. The first-order valence-corrected chi connectivity index (χ1v) is 5.55. The van der Waals surface area contributed by atoms with Gasteiger partial charge in [0.1, 0.15) is 12.5 Å². The van der Waals surface area contributed by atoms with E-state index in [9.17, 15) is 8.76 Å². The van der Waals surface area contributed by atoms with Gasteiger partial charge in [-0.05, 0) is 12.8 Å². The van der Waals surface area contributed by atoms with E-state index in [2.05, 4.69) is 0 Å². The summed E-state index contributed by atoms with van der Waals surface area (Å²) in [6.45, 7) is 1.23. The Hall–Kier alpha value is -0.720. The molecule has 1 atom stereocenters. The van der Waals surface area contributed by atoms with Crippen LogP contribution in [-0.4, -0.2) is 26.2 Å². The van der Waals surface area contributed by atoms with Crippen LogP contribution in [0.5, 0.6) is 0 Å². The van der Waals surface area contributed by atoms with Gasteiger partial charge in [0.2, 0.25) is 9.99 Å². The van der Waals surface area contributed by atoms with Crippen LogP contribution in [0.4, 0.5) is 0 Å². The molecular formula is C7H11NO4S. The molecule has 1 aromatic rings. The van der Waals surface area contributed by atoms with Gasteiger partial charge in [-0.3, -0.25) is 4.55 Å². The van der Waals surface area contributed by atoms with Crippen LogP contribution in [0.1, 0.15) is 12.8 Å². The first kappa shape index (κ1) is 8.86. The summed E-state index contributed by atoms with van der Waals surface area (Å²) < 4.78 is 32.4. The molecule has 1 unspecified atom stereocenters. The summed E-state index contributed by atoms with van der Waals surface area (Å²) in [4.78, 5) is -0.214. The van der Waals surface area contributed by atoms with E-state index >= 15 is 0 Å². The molecule has 0 amide bonds. The summed E-state index contributed by atoms with van der Waals surface area (Å²) in [7, 11) is -3.25. The highest BCUT2D eigenvalue weighted by molar-refractivity contribution is 7.87. The lowest BCUT2D eigenvalue weighted by molar-refractivity contribution is 0.377. The second kappa shape index (κ2) is 3.21. The fraction of sp³-hybridized carbons (Fsp3) is 0.571. The summed E-state index contributed by atoms with van der Waals surface area (Å²) in [5.41, 5.74) is 0. The lowest BCUT2D eigenvalue weighted by Gasteiger charge is -2.12. The monoisotopic (exact) mass is 205 g/mol. The number of hydrogen-bond donors (Lipinski definition) is 1. The van der Waals surface area contributed by atoms with Gasteiger partial charge in [0.05, 0.1) is 0 Å². The van der Waals surface area contributed by atoms with Crippen LogP contribution < -0.4 is 0 Å². The van der Waals surface area contributed by atoms with Gasteiger partial charge < -0.3 is 8.83 Å². The normalized spacial score (nSPS) is 23.2. The highest BCUT2D eigenvalue weighted by Crippen LogP contribution is 2.14. The molecule has 0 radical (unpaired) electrons. The van der Waals surface area contributed by atoms with Gasteiger partial charge in [0.15, 0.2) is 0 Å². The second-order valence-electron chi connectivity index (χ2n) is 2.89. The maximum Gasteiger partial charge on any atom is 0.388 e. The van der Waals surface area contributed by atoms with Crippen molar-refractivity contribution in [3.05, 3.63) is 17.4 Å². The van der Waals surface area contributed by atoms with Crippen molar-refractivity contribution in [3.8, 4) is 0 Å². The van der Waals surface area contributed by atoms with Crippen molar-refractivity contribution in [1.82, 2.24) is 4.31 Å². The number of rotatable bonds is 1. The second-order valence-corrected chi connectivity index (χ2v) is 4.73. The van der Waals surface area contributed by atoms with Crippen molar-refractivity contribution in [2.24, 2.45) is 0 Å². The van der Waals surface area contributed by atoms with E-state index in [1.165, 1.54) is 16.8 Å². The molecule has 0 spiro atoms. The largest absolute Gasteiger partial charge is 0.422 e. The van der Waals surface area contributed by atoms with Crippen molar-refractivity contribution in [2.45, 2.75) is 12.8 Å². The van der Waals surface area contributed by atoms with Crippen LogP contribution in [0, 0.1) is 4.90 Å². The molecule has 1 aliphatic rings. The van der Waals surface area contributed by atoms with Crippen molar-refractivity contribution < 1.29 is 17.6 Å². The zero-order valence-corrected chi connectivity index (χ0v) is 7.83. The van der Waals surface area contributed by atoms with E-state index in [1.54, 1.807) is 0 Å². The van der Waals surface area contributed by atoms with Crippen molar-refractivity contribution in [1.29, 1.82) is 0 Å². The van der Waals surface area contributed by atoms with E-state index in [1.807, 2.05) is 0 Å². The van der Waals surface area contributed by atoms with Gasteiger partial charge in [-0.1, -0.05) is 0 Å². The minimum absolute atomic E-state index is 0.214. The molecule has 0 aromatic carbocycles. The third-order valence-electron chi connectivity index (χ3n) is 2.02. The molecule has 0 aliphatic carbocycles. The predicted molar refractivity (Wildman–Crippen MR) is 45.8 cm³/mol. The molecule has 13 heavy (non-hydrogen) atoms. The summed E-state index contributed by atoms with van der Waals surface area (Å²) >= 11 is 0. The van der Waals surface area contributed by atoms with Gasteiger partial charge >= 0.3 is 4.90 Å². The van der Waals surface area contributed by atoms with Crippen molar-refractivity contribution in [2.75, 3.05) is 13.1 Å². The highest BCUT2D eigenvalue weighted by atomic mass is 32.2. The molecule has 6 heteroatoms. The topological polar surface area (TPSA) is 66.8 Å². The zero-order valence-electron chi connectivity index (χ0n) is 7.01. The summed E-state index contributed by atoms with van der Waals surface area (Å²) in [5, 5.41) is 0. The van der Waals surface area contributed by atoms with Crippen LogP contribution in [0.3, 0.4) is 0 Å². The minimum atomic E-state index is -3.25. The molecule has 0 bridgehead atoms. The predicted octanol–water partition coefficient (Wildman–Crippen LogP) is 1.17. The van der Waals surface area contributed by atoms with Crippen LogP contribution in [-0.2, 0) is 9.99 Å². The number of hydrogen-bond acceptors (Lipinski definition) is 3. The summed E-state index contributed by atoms with van der Waals surface area (Å²) in [5.74, 6) is 0. The molecule has 5 nitrogen and oxygen atoms in total. The number of nitrogens with zero attached hydrogens (tertiary/aromatic N) is 1. The Morgan fingerprint density at radius 3 is 2.38 bits per heavy atom. The molecule has 1 N–H and O–H groups in total. The molecule has 1 fully saturated rings. The molecule has 2 rings (SSSR count). The standard InChI is InChI=1S/C7H11NO4S/c9-13(10,7-11-5-6-12-7)8-3-1-2-4-8/h5-6H,1-4H2,(H,9,10). The van der Waals surface area contributed by atoms with Crippen LogP contribution in [0.15, 0.2) is 21.4 Å². The van der Waals surface area contributed by atoms with Crippen molar-refractivity contribution in [3.63, 3.8) is 0 Å². The van der Waals surface area contributed by atoms with E-state index < -0.39 is 9.99 Å². The van der Waals surface area contributed by atoms with Crippen LogP contribution in [0.25, 0.3) is 0 Å². The Bertz CT molecular complexity index is 403. The SMILES string of the molecule is O=S(O)(=c1occo1)N1CCCC1. The Labute approximate surface area is 75.9 Å². The third-order valence-corrected chi connectivity index (χ3v) is 3.71. The minimum Gasteiger partial charge on any atom is -0.422 e. The maximum atomic E-state index is 11.7. The Morgan fingerprint density at radius 1 is 1.31 bits per heavy atom. The lowest BCUT2D eigenvalue weighted by Crippen LogP contribution is -2.27. The zero-order chi connectivity index (χ0) is 9.31. The van der Waals surface area contributed by atoms with E-state index in [0.717, 1.165) is 12.8 Å².